The lowest BCUT2D eigenvalue weighted by Gasteiger charge is -2.37. The quantitative estimate of drug-likeness (QED) is 0.406. The maximum atomic E-state index is 13.5. The summed E-state index contributed by atoms with van der Waals surface area (Å²) < 4.78 is 6.62. The van der Waals surface area contributed by atoms with Crippen molar-refractivity contribution < 1.29 is 14.3 Å². The van der Waals surface area contributed by atoms with Gasteiger partial charge in [-0.05, 0) is 31.0 Å². The summed E-state index contributed by atoms with van der Waals surface area (Å²) in [6.07, 6.45) is 3.47. The number of hydrogen-bond acceptors (Lipinski definition) is 3. The molecule has 3 heterocycles. The summed E-state index contributed by atoms with van der Waals surface area (Å²) in [6.45, 7) is 3.07. The molecule has 1 aliphatic heterocycles. The fourth-order valence-corrected chi connectivity index (χ4v) is 4.50. The van der Waals surface area contributed by atoms with E-state index in [-0.39, 0.29) is 11.9 Å². The van der Waals surface area contributed by atoms with Gasteiger partial charge in [0.15, 0.2) is 12.4 Å². The van der Waals surface area contributed by atoms with Crippen LogP contribution in [0.5, 0.6) is 5.75 Å². The first kappa shape index (κ1) is 19.2. The third-order valence-electron chi connectivity index (χ3n) is 5.86. The summed E-state index contributed by atoms with van der Waals surface area (Å²) in [5, 5.41) is 12.6. The lowest BCUT2D eigenvalue weighted by atomic mass is 9.91. The van der Waals surface area contributed by atoms with Crippen molar-refractivity contribution in [2.45, 2.75) is 19.4 Å². The fraction of sp³-hybridized carbons (Fsp3) is 0.200. The number of pyridine rings is 1. The number of amides is 1. The summed E-state index contributed by atoms with van der Waals surface area (Å²) in [6, 6.07) is 19.0. The molecule has 1 aliphatic rings. The zero-order chi connectivity index (χ0) is 21.4. The molecule has 31 heavy (non-hydrogen) atoms. The minimum Gasteiger partial charge on any atom is -0.619 e. The van der Waals surface area contributed by atoms with Crippen molar-refractivity contribution in [1.29, 1.82) is 0 Å². The van der Waals surface area contributed by atoms with Crippen molar-refractivity contribution in [2.75, 3.05) is 13.2 Å². The molecule has 1 atom stereocenters. The van der Waals surface area contributed by atoms with Crippen LogP contribution in [-0.2, 0) is 6.42 Å². The van der Waals surface area contributed by atoms with Crippen molar-refractivity contribution in [2.24, 2.45) is 0 Å². The summed E-state index contributed by atoms with van der Waals surface area (Å²) in [4.78, 5) is 19.0. The van der Waals surface area contributed by atoms with Crippen LogP contribution in [0.25, 0.3) is 10.9 Å². The zero-order valence-corrected chi connectivity index (χ0v) is 17.2. The standard InChI is InChI=1S/C25H23N3O3/c1-2-31-22-10-6-4-8-20(22)24-23-19(18-7-3-5-9-21(18)26-23)13-16-28(24)25(29)17-11-14-27(30)15-12-17/h3-12,14-15,24,26H,2,13,16H2,1H3. The van der Waals surface area contributed by atoms with Gasteiger partial charge in [0.2, 0.25) is 0 Å². The number of nitrogens with zero attached hydrogens (tertiary/aromatic N) is 2. The Morgan fingerprint density at radius 3 is 2.68 bits per heavy atom. The van der Waals surface area contributed by atoms with E-state index in [9.17, 15) is 10.0 Å². The van der Waals surface area contributed by atoms with Crippen LogP contribution >= 0.6 is 0 Å². The van der Waals surface area contributed by atoms with Gasteiger partial charge in [-0.15, -0.1) is 0 Å². The van der Waals surface area contributed by atoms with Gasteiger partial charge in [0.05, 0.1) is 12.2 Å². The lowest BCUT2D eigenvalue weighted by Crippen LogP contribution is -2.41. The Hall–Kier alpha value is -3.80. The highest BCUT2D eigenvalue weighted by Crippen LogP contribution is 2.42. The molecule has 6 heteroatoms. The van der Waals surface area contributed by atoms with Crippen molar-refractivity contribution in [1.82, 2.24) is 9.88 Å². The Morgan fingerprint density at radius 1 is 1.13 bits per heavy atom. The van der Waals surface area contributed by atoms with E-state index in [1.807, 2.05) is 48.2 Å². The molecule has 0 saturated heterocycles. The van der Waals surface area contributed by atoms with Crippen LogP contribution in [0, 0.1) is 5.21 Å². The molecule has 2 aromatic heterocycles. The van der Waals surface area contributed by atoms with E-state index in [0.29, 0.717) is 23.4 Å². The van der Waals surface area contributed by atoms with Crippen molar-refractivity contribution >= 4 is 16.8 Å². The maximum Gasteiger partial charge on any atom is 0.255 e. The number of benzene rings is 2. The van der Waals surface area contributed by atoms with E-state index in [2.05, 4.69) is 17.1 Å². The second-order valence-corrected chi connectivity index (χ2v) is 7.63. The molecular formula is C25H23N3O3. The smallest absolute Gasteiger partial charge is 0.255 e. The Bertz CT molecular complexity index is 1250. The number of carbonyl (C=O) groups excluding carboxylic acids is 1. The summed E-state index contributed by atoms with van der Waals surface area (Å²) in [5.74, 6) is 0.658. The van der Waals surface area contributed by atoms with Gasteiger partial charge in [-0.3, -0.25) is 4.79 Å². The molecular weight excluding hydrogens is 390 g/mol. The van der Waals surface area contributed by atoms with Crippen LogP contribution in [0.2, 0.25) is 0 Å². The highest BCUT2D eigenvalue weighted by Gasteiger charge is 2.36. The predicted octanol–water partition coefficient (Wildman–Crippen LogP) is 3.99. The number of ether oxygens (including phenoxy) is 1. The Balaban J connectivity index is 1.68. The molecule has 4 aromatic rings. The zero-order valence-electron chi connectivity index (χ0n) is 17.2. The molecule has 1 unspecified atom stereocenters. The number of carbonyl (C=O) groups is 1. The molecule has 0 saturated carbocycles. The second kappa shape index (κ2) is 7.80. The van der Waals surface area contributed by atoms with Crippen molar-refractivity contribution in [3.8, 4) is 5.75 Å². The number of aromatic amines is 1. The van der Waals surface area contributed by atoms with Crippen molar-refractivity contribution in [3.63, 3.8) is 0 Å². The summed E-state index contributed by atoms with van der Waals surface area (Å²) in [7, 11) is 0. The normalized spacial score (nSPS) is 15.6. The van der Waals surface area contributed by atoms with Gasteiger partial charge >= 0.3 is 0 Å². The number of rotatable bonds is 4. The van der Waals surface area contributed by atoms with E-state index >= 15 is 0 Å². The molecule has 2 aromatic carbocycles. The van der Waals surface area contributed by atoms with Gasteiger partial charge in [-0.2, -0.15) is 4.73 Å². The Morgan fingerprint density at radius 2 is 1.87 bits per heavy atom. The highest BCUT2D eigenvalue weighted by atomic mass is 16.5. The molecule has 0 spiro atoms. The highest BCUT2D eigenvalue weighted by molar-refractivity contribution is 5.95. The van der Waals surface area contributed by atoms with Crippen LogP contribution in [0.4, 0.5) is 0 Å². The topological polar surface area (TPSA) is 72.3 Å². The maximum absolute atomic E-state index is 13.5. The van der Waals surface area contributed by atoms with E-state index in [1.54, 1.807) is 12.1 Å². The minimum absolute atomic E-state index is 0.110. The third-order valence-corrected chi connectivity index (χ3v) is 5.86. The molecule has 0 bridgehead atoms. The van der Waals surface area contributed by atoms with Gasteiger partial charge in [0.1, 0.15) is 11.8 Å². The minimum atomic E-state index is -0.314. The average molecular weight is 413 g/mol. The van der Waals surface area contributed by atoms with Crippen LogP contribution in [0.15, 0.2) is 73.1 Å². The number of aromatic nitrogens is 2. The summed E-state index contributed by atoms with van der Waals surface area (Å²) in [5.41, 5.74) is 4.75. The average Bonchev–Trinajstić information content (AvgIpc) is 3.18. The Labute approximate surface area is 180 Å². The Kier molecular flexibility index (Phi) is 4.82. The van der Waals surface area contributed by atoms with Crippen molar-refractivity contribution in [3.05, 3.63) is 101 Å². The lowest BCUT2D eigenvalue weighted by molar-refractivity contribution is -0.605. The SMILES string of the molecule is CCOc1ccccc1C1c2[nH]c3ccccc3c2CCN1C(=O)c1cc[n+]([O-])cc1. The molecule has 156 valence electrons. The van der Waals surface area contributed by atoms with Gasteiger partial charge < -0.3 is 19.8 Å². The van der Waals surface area contributed by atoms with Gasteiger partial charge in [0.25, 0.3) is 5.91 Å². The molecule has 0 fully saturated rings. The van der Waals surface area contributed by atoms with E-state index in [4.69, 9.17) is 4.74 Å². The summed E-state index contributed by atoms with van der Waals surface area (Å²) >= 11 is 0. The first-order valence-corrected chi connectivity index (χ1v) is 10.5. The molecule has 5 rings (SSSR count). The molecule has 6 nitrogen and oxygen atoms in total. The van der Waals surface area contributed by atoms with Gasteiger partial charge in [-0.1, -0.05) is 36.4 Å². The van der Waals surface area contributed by atoms with Crippen LogP contribution in [0.3, 0.4) is 0 Å². The van der Waals surface area contributed by atoms with Crippen LogP contribution in [-0.4, -0.2) is 28.9 Å². The molecule has 0 radical (unpaired) electrons. The van der Waals surface area contributed by atoms with Crippen LogP contribution < -0.4 is 9.47 Å². The predicted molar refractivity (Wildman–Crippen MR) is 118 cm³/mol. The fourth-order valence-electron chi connectivity index (χ4n) is 4.50. The molecule has 1 N–H and O–H groups in total. The monoisotopic (exact) mass is 413 g/mol. The van der Waals surface area contributed by atoms with E-state index in [0.717, 1.165) is 28.9 Å². The number of fused-ring (bicyclic) bond motifs is 3. The first-order chi connectivity index (χ1) is 15.2. The third kappa shape index (κ3) is 3.30. The van der Waals surface area contributed by atoms with Gasteiger partial charge in [0, 0.05) is 40.8 Å². The van der Waals surface area contributed by atoms with E-state index in [1.165, 1.54) is 23.3 Å². The number of H-pyrrole nitrogens is 1. The molecule has 1 amide bonds. The van der Waals surface area contributed by atoms with Crippen LogP contribution in [0.1, 0.15) is 40.1 Å². The first-order valence-electron chi connectivity index (χ1n) is 10.5. The van der Waals surface area contributed by atoms with Gasteiger partial charge in [-0.25, -0.2) is 0 Å². The number of para-hydroxylation sites is 2. The number of hydrogen-bond donors (Lipinski definition) is 1. The number of nitrogens with one attached hydrogen (secondary N) is 1. The largest absolute Gasteiger partial charge is 0.619 e. The second-order valence-electron chi connectivity index (χ2n) is 7.63. The van der Waals surface area contributed by atoms with E-state index < -0.39 is 0 Å². The molecule has 0 aliphatic carbocycles.